The molecule has 1 aromatic rings. The molecule has 0 aliphatic carbocycles. The number of anilines is 1. The van der Waals surface area contributed by atoms with Crippen LogP contribution < -0.4 is 20.9 Å². The second kappa shape index (κ2) is 8.43. The third-order valence-electron chi connectivity index (χ3n) is 4.23. The van der Waals surface area contributed by atoms with Gasteiger partial charge >= 0.3 is 6.03 Å². The molecule has 0 atom stereocenters. The molecule has 2 rings (SSSR count). The van der Waals surface area contributed by atoms with Crippen LogP contribution in [0.4, 0.5) is 10.5 Å². The molecule has 1 aliphatic rings. The highest BCUT2D eigenvalue weighted by Crippen LogP contribution is 2.24. The Hall–Kier alpha value is -2.24. The Balaban J connectivity index is 1.96. The number of hydrogen-bond donors (Lipinski definition) is 3. The van der Waals surface area contributed by atoms with E-state index in [1.165, 1.54) is 0 Å². The molecule has 1 heterocycles. The zero-order chi connectivity index (χ0) is 19.3. The molecule has 6 heteroatoms. The Morgan fingerprint density at radius 1 is 1.12 bits per heavy atom. The quantitative estimate of drug-likeness (QED) is 0.773. The molecule has 0 saturated carbocycles. The molecule has 26 heavy (non-hydrogen) atoms. The van der Waals surface area contributed by atoms with Gasteiger partial charge in [-0.05, 0) is 59.6 Å². The molecule has 1 aromatic carbocycles. The van der Waals surface area contributed by atoms with E-state index in [0.29, 0.717) is 5.56 Å². The number of piperidine rings is 1. The SMILES string of the molecule is CC(C)NC(=O)c1ccccc1N1CCC(NC(=O)NC(C)(C)C)CC1. The van der Waals surface area contributed by atoms with Crippen molar-refractivity contribution in [3.05, 3.63) is 29.8 Å². The van der Waals surface area contributed by atoms with Crippen molar-refractivity contribution >= 4 is 17.6 Å². The number of nitrogens with zero attached hydrogens (tertiary/aromatic N) is 1. The highest BCUT2D eigenvalue weighted by atomic mass is 16.2. The monoisotopic (exact) mass is 360 g/mol. The average molecular weight is 361 g/mol. The Morgan fingerprint density at radius 2 is 1.73 bits per heavy atom. The molecular weight excluding hydrogens is 328 g/mol. The lowest BCUT2D eigenvalue weighted by Crippen LogP contribution is -2.52. The van der Waals surface area contributed by atoms with Gasteiger partial charge in [0.2, 0.25) is 0 Å². The van der Waals surface area contributed by atoms with E-state index < -0.39 is 0 Å². The Bertz CT molecular complexity index is 629. The number of hydrogen-bond acceptors (Lipinski definition) is 3. The molecule has 1 aliphatic heterocycles. The van der Waals surface area contributed by atoms with Gasteiger partial charge < -0.3 is 20.9 Å². The minimum Gasteiger partial charge on any atom is -0.371 e. The summed E-state index contributed by atoms with van der Waals surface area (Å²) < 4.78 is 0. The van der Waals surface area contributed by atoms with Crippen molar-refractivity contribution in [2.24, 2.45) is 0 Å². The Labute approximate surface area is 156 Å². The third-order valence-corrected chi connectivity index (χ3v) is 4.23. The molecule has 1 saturated heterocycles. The molecule has 144 valence electrons. The van der Waals surface area contributed by atoms with Crippen molar-refractivity contribution in [1.29, 1.82) is 0 Å². The summed E-state index contributed by atoms with van der Waals surface area (Å²) in [6, 6.07) is 7.86. The van der Waals surface area contributed by atoms with E-state index in [0.717, 1.165) is 31.6 Å². The lowest BCUT2D eigenvalue weighted by Gasteiger charge is -2.35. The number of carbonyl (C=O) groups is 2. The van der Waals surface area contributed by atoms with Crippen LogP contribution in [0, 0.1) is 0 Å². The van der Waals surface area contributed by atoms with Gasteiger partial charge in [0.15, 0.2) is 0 Å². The predicted octanol–water partition coefficient (Wildman–Crippen LogP) is 2.89. The largest absolute Gasteiger partial charge is 0.371 e. The van der Waals surface area contributed by atoms with Crippen LogP contribution in [0.5, 0.6) is 0 Å². The van der Waals surface area contributed by atoms with Gasteiger partial charge in [0, 0.05) is 36.4 Å². The van der Waals surface area contributed by atoms with Crippen LogP contribution in [0.1, 0.15) is 57.8 Å². The first-order valence-corrected chi connectivity index (χ1v) is 9.39. The van der Waals surface area contributed by atoms with Crippen molar-refractivity contribution in [2.45, 2.75) is 65.1 Å². The van der Waals surface area contributed by atoms with E-state index in [9.17, 15) is 9.59 Å². The fraction of sp³-hybridized carbons (Fsp3) is 0.600. The lowest BCUT2D eigenvalue weighted by atomic mass is 10.0. The number of benzene rings is 1. The first-order chi connectivity index (χ1) is 12.2. The normalized spacial score (nSPS) is 15.7. The first-order valence-electron chi connectivity index (χ1n) is 9.39. The maximum atomic E-state index is 12.5. The number of amides is 3. The number of nitrogens with one attached hydrogen (secondary N) is 3. The highest BCUT2D eigenvalue weighted by molar-refractivity contribution is 6.00. The number of rotatable bonds is 4. The minimum absolute atomic E-state index is 0.0413. The highest BCUT2D eigenvalue weighted by Gasteiger charge is 2.24. The number of carbonyl (C=O) groups excluding carboxylic acids is 2. The molecule has 0 aromatic heterocycles. The summed E-state index contributed by atoms with van der Waals surface area (Å²) in [6.07, 6.45) is 1.72. The number of urea groups is 1. The Kier molecular flexibility index (Phi) is 6.51. The van der Waals surface area contributed by atoms with Crippen LogP contribution in [0.15, 0.2) is 24.3 Å². The van der Waals surface area contributed by atoms with Gasteiger partial charge in [-0.15, -0.1) is 0 Å². The van der Waals surface area contributed by atoms with Crippen molar-refractivity contribution in [3.8, 4) is 0 Å². The van der Waals surface area contributed by atoms with Crippen LogP contribution >= 0.6 is 0 Å². The van der Waals surface area contributed by atoms with Gasteiger partial charge in [-0.2, -0.15) is 0 Å². The van der Waals surface area contributed by atoms with Gasteiger partial charge in [-0.1, -0.05) is 12.1 Å². The van der Waals surface area contributed by atoms with Gasteiger partial charge in [0.1, 0.15) is 0 Å². The second-order valence-corrected chi connectivity index (χ2v) is 8.26. The smallest absolute Gasteiger partial charge is 0.315 e. The van der Waals surface area contributed by atoms with E-state index in [4.69, 9.17) is 0 Å². The molecule has 0 bridgehead atoms. The standard InChI is InChI=1S/C20H32N4O2/c1-14(2)21-18(25)16-8-6-7-9-17(16)24-12-10-15(11-13-24)22-19(26)23-20(3,4)5/h6-9,14-15H,10-13H2,1-5H3,(H,21,25)(H2,22,23,26). The predicted molar refractivity (Wildman–Crippen MR) is 106 cm³/mol. The first kappa shape index (κ1) is 20.1. The molecule has 3 N–H and O–H groups in total. The molecule has 0 radical (unpaired) electrons. The van der Waals surface area contributed by atoms with Crippen LogP contribution in [0.25, 0.3) is 0 Å². The summed E-state index contributed by atoms with van der Waals surface area (Å²) in [5.41, 5.74) is 1.43. The lowest BCUT2D eigenvalue weighted by molar-refractivity contribution is 0.0943. The maximum absolute atomic E-state index is 12.5. The van der Waals surface area contributed by atoms with E-state index in [-0.39, 0.29) is 29.6 Å². The van der Waals surface area contributed by atoms with Crippen LogP contribution in [0.2, 0.25) is 0 Å². The molecule has 3 amide bonds. The molecule has 6 nitrogen and oxygen atoms in total. The molecule has 0 spiro atoms. The summed E-state index contributed by atoms with van der Waals surface area (Å²) in [5.74, 6) is -0.0413. The zero-order valence-corrected chi connectivity index (χ0v) is 16.6. The zero-order valence-electron chi connectivity index (χ0n) is 16.6. The summed E-state index contributed by atoms with van der Waals surface area (Å²) in [6.45, 7) is 11.4. The fourth-order valence-corrected chi connectivity index (χ4v) is 3.11. The Morgan fingerprint density at radius 3 is 2.31 bits per heavy atom. The minimum atomic E-state index is -0.243. The van der Waals surface area contributed by atoms with Crippen LogP contribution in [0.3, 0.4) is 0 Å². The summed E-state index contributed by atoms with van der Waals surface area (Å²) in [7, 11) is 0. The summed E-state index contributed by atoms with van der Waals surface area (Å²) in [4.78, 5) is 26.7. The van der Waals surface area contributed by atoms with Crippen molar-refractivity contribution in [3.63, 3.8) is 0 Å². The van der Waals surface area contributed by atoms with Gasteiger partial charge in [0.25, 0.3) is 5.91 Å². The maximum Gasteiger partial charge on any atom is 0.315 e. The van der Waals surface area contributed by atoms with E-state index in [1.807, 2.05) is 58.9 Å². The summed E-state index contributed by atoms with van der Waals surface area (Å²) >= 11 is 0. The third kappa shape index (κ3) is 5.93. The average Bonchev–Trinajstić information content (AvgIpc) is 2.53. The summed E-state index contributed by atoms with van der Waals surface area (Å²) in [5, 5.41) is 8.95. The van der Waals surface area contributed by atoms with E-state index in [1.54, 1.807) is 0 Å². The van der Waals surface area contributed by atoms with Gasteiger partial charge in [-0.3, -0.25) is 4.79 Å². The van der Waals surface area contributed by atoms with Crippen molar-refractivity contribution in [2.75, 3.05) is 18.0 Å². The molecule has 0 unspecified atom stereocenters. The van der Waals surface area contributed by atoms with E-state index in [2.05, 4.69) is 20.9 Å². The van der Waals surface area contributed by atoms with E-state index >= 15 is 0 Å². The molecular formula is C20H32N4O2. The molecule has 1 fully saturated rings. The van der Waals surface area contributed by atoms with Gasteiger partial charge in [0.05, 0.1) is 5.56 Å². The fourth-order valence-electron chi connectivity index (χ4n) is 3.11. The van der Waals surface area contributed by atoms with Gasteiger partial charge in [-0.25, -0.2) is 4.79 Å². The van der Waals surface area contributed by atoms with Crippen molar-refractivity contribution < 1.29 is 9.59 Å². The van der Waals surface area contributed by atoms with Crippen LogP contribution in [-0.4, -0.2) is 42.7 Å². The topological polar surface area (TPSA) is 73.5 Å². The second-order valence-electron chi connectivity index (χ2n) is 8.26. The number of para-hydroxylation sites is 1. The van der Waals surface area contributed by atoms with Crippen molar-refractivity contribution in [1.82, 2.24) is 16.0 Å². The van der Waals surface area contributed by atoms with Crippen LogP contribution in [-0.2, 0) is 0 Å².